The molecule has 2 N–H and O–H groups in total. The summed E-state index contributed by atoms with van der Waals surface area (Å²) in [7, 11) is -2.61. The summed E-state index contributed by atoms with van der Waals surface area (Å²) in [5.74, 6) is -0.617. The van der Waals surface area contributed by atoms with Gasteiger partial charge in [0.2, 0.25) is 0 Å². The lowest BCUT2D eigenvalue weighted by atomic mass is 10.2. The van der Waals surface area contributed by atoms with E-state index in [4.69, 9.17) is 5.14 Å². The third-order valence-electron chi connectivity index (χ3n) is 2.35. The Morgan fingerprint density at radius 1 is 1.25 bits per heavy atom. The molecule has 0 saturated carbocycles. The van der Waals surface area contributed by atoms with Crippen molar-refractivity contribution in [1.82, 2.24) is 15.0 Å². The molecule has 0 spiro atoms. The molecule has 0 aliphatic rings. The van der Waals surface area contributed by atoms with E-state index in [0.717, 1.165) is 0 Å². The molecule has 0 bridgehead atoms. The Morgan fingerprint density at radius 2 is 2.00 bits per heavy atom. The number of rotatable bonds is 3. The van der Waals surface area contributed by atoms with Gasteiger partial charge in [-0.3, -0.25) is 4.98 Å². The molecular weight excluding hydrogens is 284 g/mol. The summed E-state index contributed by atoms with van der Waals surface area (Å²) in [5.41, 5.74) is 0.901. The van der Waals surface area contributed by atoms with E-state index in [9.17, 15) is 13.2 Å². The van der Waals surface area contributed by atoms with Crippen LogP contribution in [-0.4, -0.2) is 36.4 Å². The zero-order chi connectivity index (χ0) is 14.8. The van der Waals surface area contributed by atoms with E-state index >= 15 is 0 Å². The van der Waals surface area contributed by atoms with Crippen molar-refractivity contribution in [3.05, 3.63) is 36.4 Å². The second-order valence-electron chi connectivity index (χ2n) is 3.71. The standard InChI is InChI=1S/C11H10N4O4S/c1-19-11(16)9-6-13-5-8(15-9)7-2-3-10(14-4-7)20(12,17)18/h2-6H,1H3,(H2,12,17,18). The quantitative estimate of drug-likeness (QED) is 0.788. The Bertz CT molecular complexity index is 743. The normalized spacial score (nSPS) is 11.1. The maximum absolute atomic E-state index is 11.3. The van der Waals surface area contributed by atoms with Crippen molar-refractivity contribution in [3.8, 4) is 11.3 Å². The van der Waals surface area contributed by atoms with Gasteiger partial charge in [-0.15, -0.1) is 0 Å². The minimum Gasteiger partial charge on any atom is -0.464 e. The lowest BCUT2D eigenvalue weighted by Gasteiger charge is -2.03. The molecule has 0 amide bonds. The number of nitrogens with zero attached hydrogens (tertiary/aromatic N) is 3. The molecule has 0 saturated heterocycles. The van der Waals surface area contributed by atoms with Crippen molar-refractivity contribution < 1.29 is 17.9 Å². The summed E-state index contributed by atoms with van der Waals surface area (Å²) >= 11 is 0. The van der Waals surface area contributed by atoms with Gasteiger partial charge in [-0.25, -0.2) is 28.3 Å². The van der Waals surface area contributed by atoms with Crippen molar-refractivity contribution in [2.75, 3.05) is 7.11 Å². The van der Waals surface area contributed by atoms with Crippen LogP contribution in [0.2, 0.25) is 0 Å². The first-order chi connectivity index (χ1) is 9.41. The number of primary sulfonamides is 1. The molecule has 104 valence electrons. The molecule has 9 heteroatoms. The summed E-state index contributed by atoms with van der Waals surface area (Å²) in [6.07, 6.45) is 3.96. The van der Waals surface area contributed by atoms with Gasteiger partial charge in [-0.05, 0) is 12.1 Å². The minimum absolute atomic E-state index is 0.0422. The first-order valence-electron chi connectivity index (χ1n) is 5.31. The van der Waals surface area contributed by atoms with Gasteiger partial charge >= 0.3 is 5.97 Å². The molecular formula is C11H10N4O4S. The van der Waals surface area contributed by atoms with E-state index in [1.807, 2.05) is 0 Å². The number of sulfonamides is 1. The number of carbonyl (C=O) groups excluding carboxylic acids is 1. The van der Waals surface area contributed by atoms with Crippen LogP contribution in [0.3, 0.4) is 0 Å². The predicted molar refractivity (Wildman–Crippen MR) is 68.0 cm³/mol. The summed E-state index contributed by atoms with van der Waals surface area (Å²) in [6.45, 7) is 0. The monoisotopic (exact) mass is 294 g/mol. The number of esters is 1. The van der Waals surface area contributed by atoms with E-state index < -0.39 is 16.0 Å². The highest BCUT2D eigenvalue weighted by molar-refractivity contribution is 7.89. The molecule has 2 aromatic rings. The van der Waals surface area contributed by atoms with E-state index in [0.29, 0.717) is 11.3 Å². The summed E-state index contributed by atoms with van der Waals surface area (Å²) in [5, 5.41) is 4.70. The number of ether oxygens (including phenoxy) is 1. The van der Waals surface area contributed by atoms with Gasteiger partial charge in [0.1, 0.15) is 0 Å². The third kappa shape index (κ3) is 2.95. The van der Waals surface area contributed by atoms with Gasteiger partial charge in [0, 0.05) is 11.8 Å². The average Bonchev–Trinajstić information content (AvgIpc) is 2.46. The largest absolute Gasteiger partial charge is 0.464 e. The van der Waals surface area contributed by atoms with E-state index in [1.54, 1.807) is 0 Å². The van der Waals surface area contributed by atoms with Gasteiger partial charge in [-0.2, -0.15) is 0 Å². The van der Waals surface area contributed by atoms with Crippen molar-refractivity contribution >= 4 is 16.0 Å². The zero-order valence-electron chi connectivity index (χ0n) is 10.3. The number of methoxy groups -OCH3 is 1. The van der Waals surface area contributed by atoms with Crippen LogP contribution in [0.25, 0.3) is 11.3 Å². The molecule has 8 nitrogen and oxygen atoms in total. The first-order valence-corrected chi connectivity index (χ1v) is 6.86. The Balaban J connectivity index is 2.40. The number of hydrogen-bond acceptors (Lipinski definition) is 7. The molecule has 2 heterocycles. The van der Waals surface area contributed by atoms with Crippen LogP contribution < -0.4 is 5.14 Å². The maximum Gasteiger partial charge on any atom is 0.358 e. The predicted octanol–water partition coefficient (Wildman–Crippen LogP) is -0.0274. The Hall–Kier alpha value is -2.39. The van der Waals surface area contributed by atoms with Crippen LogP contribution in [0.4, 0.5) is 0 Å². The topological polar surface area (TPSA) is 125 Å². The van der Waals surface area contributed by atoms with Crippen LogP contribution in [0.5, 0.6) is 0 Å². The van der Waals surface area contributed by atoms with Crippen LogP contribution in [-0.2, 0) is 14.8 Å². The van der Waals surface area contributed by atoms with Crippen LogP contribution in [0.1, 0.15) is 10.5 Å². The molecule has 20 heavy (non-hydrogen) atoms. The fourth-order valence-corrected chi connectivity index (χ4v) is 1.87. The van der Waals surface area contributed by atoms with Gasteiger partial charge in [-0.1, -0.05) is 0 Å². The fourth-order valence-electron chi connectivity index (χ4n) is 1.41. The third-order valence-corrected chi connectivity index (χ3v) is 3.18. The van der Waals surface area contributed by atoms with E-state index in [2.05, 4.69) is 19.7 Å². The Morgan fingerprint density at radius 3 is 2.55 bits per heavy atom. The van der Waals surface area contributed by atoms with Crippen molar-refractivity contribution in [2.24, 2.45) is 5.14 Å². The number of carbonyl (C=O) groups is 1. The van der Waals surface area contributed by atoms with Crippen molar-refractivity contribution in [2.45, 2.75) is 5.03 Å². The van der Waals surface area contributed by atoms with E-state index in [1.165, 1.54) is 37.8 Å². The molecule has 0 radical (unpaired) electrons. The lowest BCUT2D eigenvalue weighted by molar-refractivity contribution is 0.0593. The molecule has 0 unspecified atom stereocenters. The van der Waals surface area contributed by atoms with Crippen LogP contribution in [0, 0.1) is 0 Å². The zero-order valence-corrected chi connectivity index (χ0v) is 11.2. The van der Waals surface area contributed by atoms with Gasteiger partial charge < -0.3 is 4.74 Å². The highest BCUT2D eigenvalue weighted by Crippen LogP contribution is 2.16. The van der Waals surface area contributed by atoms with Crippen LogP contribution in [0.15, 0.2) is 35.7 Å². The van der Waals surface area contributed by atoms with Gasteiger partial charge in [0.25, 0.3) is 10.0 Å². The highest BCUT2D eigenvalue weighted by atomic mass is 32.2. The summed E-state index contributed by atoms with van der Waals surface area (Å²) in [6, 6.07) is 2.72. The molecule has 2 aromatic heterocycles. The minimum atomic E-state index is -3.85. The van der Waals surface area contributed by atoms with E-state index in [-0.39, 0.29) is 10.7 Å². The molecule has 0 atom stereocenters. The number of hydrogen-bond donors (Lipinski definition) is 1. The van der Waals surface area contributed by atoms with Crippen molar-refractivity contribution in [3.63, 3.8) is 0 Å². The van der Waals surface area contributed by atoms with Crippen LogP contribution >= 0.6 is 0 Å². The smallest absolute Gasteiger partial charge is 0.358 e. The molecule has 0 aliphatic heterocycles. The number of pyridine rings is 1. The van der Waals surface area contributed by atoms with Gasteiger partial charge in [0.15, 0.2) is 10.7 Å². The second-order valence-corrected chi connectivity index (χ2v) is 5.22. The SMILES string of the molecule is COC(=O)c1cncc(-c2ccc(S(N)(=O)=O)nc2)n1. The Kier molecular flexibility index (Phi) is 3.72. The summed E-state index contributed by atoms with van der Waals surface area (Å²) in [4.78, 5) is 23.0. The average molecular weight is 294 g/mol. The number of nitrogens with two attached hydrogens (primary N) is 1. The fraction of sp³-hybridized carbons (Fsp3) is 0.0909. The Labute approximate surface area is 114 Å². The number of aromatic nitrogens is 3. The van der Waals surface area contributed by atoms with Gasteiger partial charge in [0.05, 0.1) is 25.2 Å². The van der Waals surface area contributed by atoms with Crippen molar-refractivity contribution in [1.29, 1.82) is 0 Å². The highest BCUT2D eigenvalue weighted by Gasteiger charge is 2.12. The first kappa shape index (κ1) is 14.0. The lowest BCUT2D eigenvalue weighted by Crippen LogP contribution is -2.13. The molecule has 0 fully saturated rings. The summed E-state index contributed by atoms with van der Waals surface area (Å²) < 4.78 is 26.7. The molecule has 2 rings (SSSR count). The molecule has 0 aliphatic carbocycles. The second kappa shape index (κ2) is 5.31. The maximum atomic E-state index is 11.3. The molecule has 0 aromatic carbocycles.